The second-order valence-electron chi connectivity index (χ2n) is 5.10. The largest absolute Gasteiger partial charge is 0.330 e. The van der Waals surface area contributed by atoms with Gasteiger partial charge in [0.25, 0.3) is 5.91 Å². The highest BCUT2D eigenvalue weighted by Gasteiger charge is 2.09. The molecule has 5 nitrogen and oxygen atoms in total. The molecular weight excluding hydrogens is 314 g/mol. The van der Waals surface area contributed by atoms with Gasteiger partial charge in [0.05, 0.1) is 10.7 Å². The lowest BCUT2D eigenvalue weighted by atomic mass is 10.1. The number of nitrogens with two attached hydrogens (primary N) is 1. The predicted molar refractivity (Wildman–Crippen MR) is 92.9 cm³/mol. The van der Waals surface area contributed by atoms with Crippen molar-refractivity contribution in [1.29, 1.82) is 0 Å². The molecule has 4 N–H and O–H groups in total. The van der Waals surface area contributed by atoms with E-state index < -0.39 is 0 Å². The number of hydrogen-bond donors (Lipinski definition) is 3. The van der Waals surface area contributed by atoms with Gasteiger partial charge in [0.2, 0.25) is 5.91 Å². The number of nitrogens with one attached hydrogen (secondary N) is 2. The Labute approximate surface area is 139 Å². The normalized spacial score (nSPS) is 10.2. The van der Waals surface area contributed by atoms with E-state index in [0.717, 1.165) is 5.56 Å². The van der Waals surface area contributed by atoms with Crippen molar-refractivity contribution < 1.29 is 9.59 Å². The Hall–Kier alpha value is -2.37. The van der Waals surface area contributed by atoms with Crippen molar-refractivity contribution in [3.8, 4) is 0 Å². The van der Waals surface area contributed by atoms with E-state index in [0.29, 0.717) is 22.0 Å². The van der Waals surface area contributed by atoms with E-state index in [4.69, 9.17) is 17.3 Å². The molecule has 0 bridgehead atoms. The fourth-order valence-electron chi connectivity index (χ4n) is 1.95. The molecule has 23 heavy (non-hydrogen) atoms. The number of hydrogen-bond acceptors (Lipinski definition) is 3. The Kier molecular flexibility index (Phi) is 5.73. The van der Waals surface area contributed by atoms with Crippen molar-refractivity contribution in [3.05, 3.63) is 58.6 Å². The van der Waals surface area contributed by atoms with Crippen LogP contribution in [-0.2, 0) is 4.79 Å². The highest BCUT2D eigenvalue weighted by molar-refractivity contribution is 6.33. The lowest BCUT2D eigenvalue weighted by Gasteiger charge is -2.10. The molecule has 6 heteroatoms. The van der Waals surface area contributed by atoms with Crippen molar-refractivity contribution in [1.82, 2.24) is 0 Å². The van der Waals surface area contributed by atoms with Crippen LogP contribution in [0.25, 0.3) is 0 Å². The highest BCUT2D eigenvalue weighted by atomic mass is 35.5. The molecule has 0 spiro atoms. The van der Waals surface area contributed by atoms with Crippen molar-refractivity contribution in [2.45, 2.75) is 13.3 Å². The van der Waals surface area contributed by atoms with E-state index in [2.05, 4.69) is 10.6 Å². The molecule has 0 aromatic heterocycles. The van der Waals surface area contributed by atoms with E-state index in [1.54, 1.807) is 30.3 Å². The molecule has 0 atom stereocenters. The van der Waals surface area contributed by atoms with Crippen LogP contribution in [0.5, 0.6) is 0 Å². The third-order valence-electron chi connectivity index (χ3n) is 3.18. The molecule has 0 aliphatic rings. The number of carbonyl (C=O) groups is 2. The van der Waals surface area contributed by atoms with Gasteiger partial charge in [0.15, 0.2) is 0 Å². The molecule has 0 fully saturated rings. The summed E-state index contributed by atoms with van der Waals surface area (Å²) in [7, 11) is 0. The van der Waals surface area contributed by atoms with Gasteiger partial charge in [-0.25, -0.2) is 0 Å². The van der Waals surface area contributed by atoms with Gasteiger partial charge in [-0.05, 0) is 37.3 Å². The summed E-state index contributed by atoms with van der Waals surface area (Å²) in [5.41, 5.74) is 7.96. The lowest BCUT2D eigenvalue weighted by Crippen LogP contribution is -2.17. The Balaban J connectivity index is 2.12. The lowest BCUT2D eigenvalue weighted by molar-refractivity contribution is -0.116. The average molecular weight is 332 g/mol. The number of amides is 2. The molecule has 0 saturated carbocycles. The van der Waals surface area contributed by atoms with Crippen molar-refractivity contribution >= 4 is 34.8 Å². The van der Waals surface area contributed by atoms with Crippen molar-refractivity contribution in [2.75, 3.05) is 17.2 Å². The first-order chi connectivity index (χ1) is 11.0. The molecule has 2 rings (SSSR count). The second-order valence-corrected chi connectivity index (χ2v) is 5.51. The number of carbonyl (C=O) groups excluding carboxylic acids is 2. The fraction of sp³-hybridized carbons (Fsp3) is 0.176. The molecule has 2 aromatic carbocycles. The number of halogens is 1. The van der Waals surface area contributed by atoms with Gasteiger partial charge in [0.1, 0.15) is 0 Å². The number of benzene rings is 2. The third kappa shape index (κ3) is 4.81. The van der Waals surface area contributed by atoms with Crippen LogP contribution in [0, 0.1) is 6.92 Å². The first-order valence-electron chi connectivity index (χ1n) is 7.17. The van der Waals surface area contributed by atoms with E-state index in [9.17, 15) is 9.59 Å². The minimum atomic E-state index is -0.230. The van der Waals surface area contributed by atoms with E-state index in [1.807, 2.05) is 19.1 Å². The molecule has 0 saturated heterocycles. The van der Waals surface area contributed by atoms with E-state index in [1.165, 1.54) is 0 Å². The number of rotatable bonds is 5. The molecule has 0 radical (unpaired) electrons. The Morgan fingerprint density at radius 3 is 2.43 bits per heavy atom. The average Bonchev–Trinajstić information content (AvgIpc) is 2.51. The SMILES string of the molecule is Cc1ccc(C(=O)Nc2ccc(Cl)c(NC(=O)CCN)c2)cc1. The quantitative estimate of drug-likeness (QED) is 0.786. The minimum absolute atomic E-state index is 0.205. The molecule has 0 aliphatic heterocycles. The van der Waals surface area contributed by atoms with E-state index >= 15 is 0 Å². The maximum atomic E-state index is 12.2. The van der Waals surface area contributed by atoms with Crippen LogP contribution in [-0.4, -0.2) is 18.4 Å². The molecule has 2 amide bonds. The topological polar surface area (TPSA) is 84.2 Å². The molecule has 0 aliphatic carbocycles. The van der Waals surface area contributed by atoms with Crippen LogP contribution in [0.3, 0.4) is 0 Å². The van der Waals surface area contributed by atoms with Crippen LogP contribution >= 0.6 is 11.6 Å². The van der Waals surface area contributed by atoms with Crippen LogP contribution in [0.15, 0.2) is 42.5 Å². The summed E-state index contributed by atoms with van der Waals surface area (Å²) >= 11 is 6.05. The zero-order valence-corrected chi connectivity index (χ0v) is 13.5. The maximum absolute atomic E-state index is 12.2. The van der Waals surface area contributed by atoms with Gasteiger partial charge in [-0.3, -0.25) is 9.59 Å². The van der Waals surface area contributed by atoms with Gasteiger partial charge in [-0.1, -0.05) is 29.3 Å². The smallest absolute Gasteiger partial charge is 0.255 e. The number of aryl methyl sites for hydroxylation is 1. The Bertz CT molecular complexity index is 714. The summed E-state index contributed by atoms with van der Waals surface area (Å²) in [6, 6.07) is 12.2. The molecule has 120 valence electrons. The van der Waals surface area contributed by atoms with Crippen LogP contribution in [0.4, 0.5) is 11.4 Å². The van der Waals surface area contributed by atoms with Crippen molar-refractivity contribution in [2.24, 2.45) is 5.73 Å². The molecule has 2 aromatic rings. The standard InChI is InChI=1S/C17H18ClN3O2/c1-11-2-4-12(5-3-11)17(23)20-13-6-7-14(18)15(10-13)21-16(22)8-9-19/h2-7,10H,8-9,19H2,1H3,(H,20,23)(H,21,22). The first-order valence-corrected chi connectivity index (χ1v) is 7.55. The summed E-state index contributed by atoms with van der Waals surface area (Å²) in [5.74, 6) is -0.456. The zero-order chi connectivity index (χ0) is 16.8. The minimum Gasteiger partial charge on any atom is -0.330 e. The van der Waals surface area contributed by atoms with Gasteiger partial charge < -0.3 is 16.4 Å². The first kappa shape index (κ1) is 17.0. The molecular formula is C17H18ClN3O2. The van der Waals surface area contributed by atoms with Gasteiger partial charge >= 0.3 is 0 Å². The van der Waals surface area contributed by atoms with Crippen LogP contribution in [0.2, 0.25) is 5.02 Å². The molecule has 0 unspecified atom stereocenters. The third-order valence-corrected chi connectivity index (χ3v) is 3.51. The summed E-state index contributed by atoms with van der Waals surface area (Å²) in [6.07, 6.45) is 0.205. The van der Waals surface area contributed by atoms with Gasteiger partial charge in [0, 0.05) is 24.2 Å². The summed E-state index contributed by atoms with van der Waals surface area (Å²) in [5, 5.41) is 5.84. The van der Waals surface area contributed by atoms with Crippen molar-refractivity contribution in [3.63, 3.8) is 0 Å². The maximum Gasteiger partial charge on any atom is 0.255 e. The Morgan fingerprint density at radius 1 is 1.09 bits per heavy atom. The zero-order valence-electron chi connectivity index (χ0n) is 12.7. The second kappa shape index (κ2) is 7.76. The summed E-state index contributed by atoms with van der Waals surface area (Å²) < 4.78 is 0. The molecule has 0 heterocycles. The van der Waals surface area contributed by atoms with Gasteiger partial charge in [-0.2, -0.15) is 0 Å². The highest BCUT2D eigenvalue weighted by Crippen LogP contribution is 2.26. The Morgan fingerprint density at radius 2 is 1.78 bits per heavy atom. The van der Waals surface area contributed by atoms with E-state index in [-0.39, 0.29) is 24.8 Å². The summed E-state index contributed by atoms with van der Waals surface area (Å²) in [6.45, 7) is 2.21. The monoisotopic (exact) mass is 331 g/mol. The van der Waals surface area contributed by atoms with Crippen LogP contribution < -0.4 is 16.4 Å². The van der Waals surface area contributed by atoms with Crippen LogP contribution in [0.1, 0.15) is 22.3 Å². The number of anilines is 2. The summed E-state index contributed by atoms with van der Waals surface area (Å²) in [4.78, 5) is 23.8. The fourth-order valence-corrected chi connectivity index (χ4v) is 2.12. The predicted octanol–water partition coefficient (Wildman–Crippen LogP) is 3.19. The van der Waals surface area contributed by atoms with Gasteiger partial charge in [-0.15, -0.1) is 0 Å².